The van der Waals surface area contributed by atoms with E-state index < -0.39 is 0 Å². The molecule has 0 radical (unpaired) electrons. The molecule has 2 aliphatic carbocycles. The van der Waals surface area contributed by atoms with Gasteiger partial charge in [-0.25, -0.2) is 9.97 Å². The Balaban J connectivity index is 1.46. The summed E-state index contributed by atoms with van der Waals surface area (Å²) in [5.74, 6) is 0. The van der Waals surface area contributed by atoms with Crippen molar-refractivity contribution in [3.05, 3.63) is 107 Å². The molecule has 0 saturated carbocycles. The molecule has 35 heavy (non-hydrogen) atoms. The highest BCUT2D eigenvalue weighted by molar-refractivity contribution is 6.13. The van der Waals surface area contributed by atoms with Crippen molar-refractivity contribution in [2.75, 3.05) is 0 Å². The summed E-state index contributed by atoms with van der Waals surface area (Å²) in [4.78, 5) is 14.7. The number of pyridine rings is 3. The van der Waals surface area contributed by atoms with Gasteiger partial charge >= 0.3 is 0 Å². The lowest BCUT2D eigenvalue weighted by Crippen LogP contribution is -1.96. The van der Waals surface area contributed by atoms with Crippen LogP contribution in [0.3, 0.4) is 0 Å². The van der Waals surface area contributed by atoms with Crippen LogP contribution in [-0.4, -0.2) is 19.4 Å². The zero-order chi connectivity index (χ0) is 22.7. The maximum atomic E-state index is 5.11. The first kappa shape index (κ1) is 17.8. The van der Waals surface area contributed by atoms with E-state index in [1.54, 1.807) is 0 Å². The van der Waals surface area contributed by atoms with Crippen LogP contribution in [0.2, 0.25) is 0 Å². The van der Waals surface area contributed by atoms with E-state index in [0.29, 0.717) is 0 Å². The molecule has 3 aromatic carbocycles. The first-order valence-electron chi connectivity index (χ1n) is 12.0. The summed E-state index contributed by atoms with van der Waals surface area (Å²) in [7, 11) is 0. The van der Waals surface area contributed by atoms with Gasteiger partial charge < -0.3 is 0 Å². The monoisotopic (exact) mass is 446 g/mol. The summed E-state index contributed by atoms with van der Waals surface area (Å²) >= 11 is 0. The predicted octanol–water partition coefficient (Wildman–Crippen LogP) is 6.73. The third-order valence-corrected chi connectivity index (χ3v) is 7.88. The lowest BCUT2D eigenvalue weighted by molar-refractivity contribution is 1.21. The maximum Gasteiger partial charge on any atom is 0.166 e. The van der Waals surface area contributed by atoms with Crippen LogP contribution in [0.5, 0.6) is 0 Å². The van der Waals surface area contributed by atoms with Crippen molar-refractivity contribution in [1.29, 1.82) is 0 Å². The molecule has 0 N–H and O–H groups in total. The fourth-order valence-corrected chi connectivity index (χ4v) is 6.43. The van der Waals surface area contributed by atoms with E-state index in [2.05, 4.69) is 65.1 Å². The van der Waals surface area contributed by atoms with Crippen LogP contribution in [-0.2, 0) is 12.8 Å². The van der Waals surface area contributed by atoms with Crippen molar-refractivity contribution in [1.82, 2.24) is 19.4 Å². The summed E-state index contributed by atoms with van der Waals surface area (Å²) < 4.78 is 2.25. The lowest BCUT2D eigenvalue weighted by atomic mass is 9.97. The van der Waals surface area contributed by atoms with E-state index in [1.807, 2.05) is 24.5 Å². The van der Waals surface area contributed by atoms with Crippen LogP contribution < -0.4 is 0 Å². The molecule has 0 amide bonds. The van der Waals surface area contributed by atoms with Gasteiger partial charge in [0.05, 0.1) is 11.0 Å². The van der Waals surface area contributed by atoms with E-state index in [1.165, 1.54) is 44.5 Å². The molecule has 4 aromatic heterocycles. The Bertz CT molecular complexity index is 2070. The molecule has 4 heteroatoms. The minimum atomic E-state index is 0.871. The first-order valence-corrected chi connectivity index (χ1v) is 12.0. The highest BCUT2D eigenvalue weighted by Gasteiger charge is 2.28. The summed E-state index contributed by atoms with van der Waals surface area (Å²) in [6.45, 7) is 0. The molecule has 0 fully saturated rings. The van der Waals surface area contributed by atoms with E-state index in [9.17, 15) is 0 Å². The Morgan fingerprint density at radius 1 is 0.600 bits per heavy atom. The SMILES string of the molecule is c1ccc2c(c1)Cc1cc3c(cc1-2)-c1c(ccc2nc4c5ncccc5c5cccnc5n4c12)C3. The van der Waals surface area contributed by atoms with Gasteiger partial charge in [0.1, 0.15) is 11.2 Å². The Kier molecular flexibility index (Phi) is 3.11. The van der Waals surface area contributed by atoms with Crippen molar-refractivity contribution in [3.8, 4) is 22.3 Å². The number of imidazole rings is 1. The van der Waals surface area contributed by atoms with Crippen LogP contribution in [0.25, 0.3) is 60.9 Å². The summed E-state index contributed by atoms with van der Waals surface area (Å²) in [6, 6.07) is 26.3. The average Bonchev–Trinajstić information content (AvgIpc) is 3.58. The number of benzene rings is 3. The number of fused-ring (bicyclic) bond motifs is 15. The van der Waals surface area contributed by atoms with Gasteiger partial charge in [-0.15, -0.1) is 0 Å². The van der Waals surface area contributed by atoms with Crippen molar-refractivity contribution in [2.45, 2.75) is 12.8 Å². The Morgan fingerprint density at radius 2 is 1.43 bits per heavy atom. The average molecular weight is 447 g/mol. The van der Waals surface area contributed by atoms with Crippen molar-refractivity contribution < 1.29 is 0 Å². The highest BCUT2D eigenvalue weighted by atomic mass is 15.1. The van der Waals surface area contributed by atoms with Gasteiger partial charge in [0.2, 0.25) is 0 Å². The minimum absolute atomic E-state index is 0.871. The zero-order valence-electron chi connectivity index (χ0n) is 18.8. The standard InChI is InChI=1S/C31H18N4/c1-2-6-21-17(5-1)13-19-15-20-14-18-9-10-26-29(27(18)25(20)16-24(19)21)35-30-23(8-4-12-33-30)22-7-3-11-32-28(22)31(35)34-26/h1-12,15-16H,13-14H2. The molecule has 0 bridgehead atoms. The molecule has 0 saturated heterocycles. The normalized spacial score (nSPS) is 13.5. The molecule has 4 heterocycles. The van der Waals surface area contributed by atoms with Gasteiger partial charge in [-0.3, -0.25) is 9.38 Å². The molecular formula is C31H18N4. The molecular weight excluding hydrogens is 428 g/mol. The quantitative estimate of drug-likeness (QED) is 0.243. The Morgan fingerprint density at radius 3 is 2.40 bits per heavy atom. The van der Waals surface area contributed by atoms with Gasteiger partial charge in [-0.2, -0.15) is 0 Å². The van der Waals surface area contributed by atoms with E-state index in [4.69, 9.17) is 15.0 Å². The molecule has 0 spiro atoms. The number of rotatable bonds is 0. The van der Waals surface area contributed by atoms with E-state index in [-0.39, 0.29) is 0 Å². The molecule has 4 nitrogen and oxygen atoms in total. The van der Waals surface area contributed by atoms with Crippen LogP contribution in [0.4, 0.5) is 0 Å². The van der Waals surface area contributed by atoms with E-state index >= 15 is 0 Å². The lowest BCUT2D eigenvalue weighted by Gasteiger charge is -2.10. The van der Waals surface area contributed by atoms with Crippen molar-refractivity contribution in [2.24, 2.45) is 0 Å². The highest BCUT2D eigenvalue weighted by Crippen LogP contribution is 2.47. The molecule has 0 aliphatic heterocycles. The Labute approximate surface area is 200 Å². The summed E-state index contributed by atoms with van der Waals surface area (Å²) in [5, 5.41) is 2.19. The van der Waals surface area contributed by atoms with Crippen LogP contribution in [0.15, 0.2) is 85.2 Å². The number of aromatic nitrogens is 4. The smallest absolute Gasteiger partial charge is 0.166 e. The van der Waals surface area contributed by atoms with Crippen LogP contribution in [0, 0.1) is 0 Å². The number of nitrogens with zero attached hydrogens (tertiary/aromatic N) is 4. The van der Waals surface area contributed by atoms with Crippen LogP contribution >= 0.6 is 0 Å². The number of hydrogen-bond donors (Lipinski definition) is 0. The summed E-state index contributed by atoms with van der Waals surface area (Å²) in [5.41, 5.74) is 15.8. The van der Waals surface area contributed by atoms with E-state index in [0.717, 1.165) is 51.5 Å². The second-order valence-electron chi connectivity index (χ2n) is 9.69. The third kappa shape index (κ3) is 2.15. The van der Waals surface area contributed by atoms with Gasteiger partial charge in [-0.1, -0.05) is 42.5 Å². The molecule has 0 atom stereocenters. The number of hydrogen-bond acceptors (Lipinski definition) is 3. The molecule has 162 valence electrons. The summed E-state index contributed by atoms with van der Waals surface area (Å²) in [6.07, 6.45) is 5.70. The van der Waals surface area contributed by atoms with Crippen molar-refractivity contribution >= 4 is 38.6 Å². The zero-order valence-corrected chi connectivity index (χ0v) is 18.8. The topological polar surface area (TPSA) is 43.1 Å². The van der Waals surface area contributed by atoms with Gasteiger partial charge in [0.15, 0.2) is 5.65 Å². The van der Waals surface area contributed by atoms with Gasteiger partial charge in [-0.05, 0) is 82.1 Å². The van der Waals surface area contributed by atoms with Gasteiger partial charge in [0, 0.05) is 28.7 Å². The molecule has 7 aromatic rings. The maximum absolute atomic E-state index is 5.11. The fraction of sp³-hybridized carbons (Fsp3) is 0.0645. The molecule has 2 aliphatic rings. The Hall–Kier alpha value is -4.57. The van der Waals surface area contributed by atoms with Crippen LogP contribution in [0.1, 0.15) is 22.3 Å². The van der Waals surface area contributed by atoms with Gasteiger partial charge in [0.25, 0.3) is 0 Å². The third-order valence-electron chi connectivity index (χ3n) is 7.88. The fourth-order valence-electron chi connectivity index (χ4n) is 6.43. The largest absolute Gasteiger partial charge is 0.274 e. The first-order chi connectivity index (χ1) is 17.3. The molecule has 9 rings (SSSR count). The molecule has 0 unspecified atom stereocenters. The minimum Gasteiger partial charge on any atom is -0.274 e. The predicted molar refractivity (Wildman–Crippen MR) is 140 cm³/mol. The second kappa shape index (κ2) is 6.10. The van der Waals surface area contributed by atoms with Crippen molar-refractivity contribution in [3.63, 3.8) is 0 Å². The second-order valence-corrected chi connectivity index (χ2v) is 9.69.